The monoisotopic (exact) mass is 250 g/mol. The molecule has 0 fully saturated rings. The van der Waals surface area contributed by atoms with Crippen molar-refractivity contribution in [1.82, 2.24) is 25.4 Å². The average molecular weight is 250 g/mol. The zero-order valence-corrected chi connectivity index (χ0v) is 10.8. The number of nitrogens with zero attached hydrogens (tertiary/aromatic N) is 5. The number of nitrogens with two attached hydrogens (primary N) is 1. The highest BCUT2D eigenvalue weighted by Gasteiger charge is 2.14. The Morgan fingerprint density at radius 2 is 2.11 bits per heavy atom. The molecule has 0 spiro atoms. The van der Waals surface area contributed by atoms with Crippen molar-refractivity contribution in [3.05, 3.63) is 22.8 Å². The summed E-state index contributed by atoms with van der Waals surface area (Å²) in [6.45, 7) is 5.32. The fourth-order valence-electron chi connectivity index (χ4n) is 1.84. The van der Waals surface area contributed by atoms with E-state index >= 15 is 0 Å². The third kappa shape index (κ3) is 2.73. The number of aromatic nitrogens is 5. The molecular formula is C11H18N6O. The van der Waals surface area contributed by atoms with Gasteiger partial charge in [-0.25, -0.2) is 4.68 Å². The fourth-order valence-corrected chi connectivity index (χ4v) is 1.84. The first kappa shape index (κ1) is 12.7. The minimum absolute atomic E-state index is 0.650. The first-order valence-electron chi connectivity index (χ1n) is 6.09. The van der Waals surface area contributed by atoms with Crippen LogP contribution >= 0.6 is 0 Å². The van der Waals surface area contributed by atoms with E-state index in [-0.39, 0.29) is 0 Å². The summed E-state index contributed by atoms with van der Waals surface area (Å²) in [5.41, 5.74) is 7.43. The lowest BCUT2D eigenvalue weighted by Gasteiger charge is -2.03. The molecule has 2 N–H and O–H groups in total. The van der Waals surface area contributed by atoms with Crippen molar-refractivity contribution in [3.8, 4) is 0 Å². The molecule has 2 aromatic rings. The molecule has 7 heteroatoms. The highest BCUT2D eigenvalue weighted by molar-refractivity contribution is 5.24. The van der Waals surface area contributed by atoms with Crippen LogP contribution in [0.2, 0.25) is 0 Å². The molecule has 2 rings (SSSR count). The van der Waals surface area contributed by atoms with Crippen LogP contribution in [0.4, 0.5) is 0 Å². The lowest BCUT2D eigenvalue weighted by Crippen LogP contribution is -2.09. The van der Waals surface area contributed by atoms with Gasteiger partial charge >= 0.3 is 0 Å². The second kappa shape index (κ2) is 5.72. The van der Waals surface area contributed by atoms with Crippen molar-refractivity contribution in [2.24, 2.45) is 5.73 Å². The molecule has 0 amide bonds. The molecular weight excluding hydrogens is 232 g/mol. The Morgan fingerprint density at radius 1 is 1.28 bits per heavy atom. The maximum atomic E-state index is 5.47. The standard InChI is InChI=1S/C11H18N6O/c1-8-10(9(2)18-14-8)7-11-13-15-16-17(11)6-4-3-5-12/h3-7,12H2,1-2H3. The van der Waals surface area contributed by atoms with Crippen LogP contribution < -0.4 is 5.73 Å². The summed E-state index contributed by atoms with van der Waals surface area (Å²) in [4.78, 5) is 0. The van der Waals surface area contributed by atoms with Crippen LogP contribution in [-0.4, -0.2) is 31.9 Å². The van der Waals surface area contributed by atoms with Gasteiger partial charge < -0.3 is 10.3 Å². The van der Waals surface area contributed by atoms with Crippen LogP contribution in [0.3, 0.4) is 0 Å². The van der Waals surface area contributed by atoms with E-state index in [1.807, 2.05) is 18.5 Å². The topological polar surface area (TPSA) is 95.6 Å². The largest absolute Gasteiger partial charge is 0.361 e. The predicted octanol–water partition coefficient (Wildman–Crippen LogP) is 0.608. The van der Waals surface area contributed by atoms with Crippen LogP contribution in [0, 0.1) is 13.8 Å². The second-order valence-electron chi connectivity index (χ2n) is 4.29. The summed E-state index contributed by atoms with van der Waals surface area (Å²) >= 11 is 0. The lowest BCUT2D eigenvalue weighted by atomic mass is 10.1. The molecule has 0 aliphatic heterocycles. The molecule has 2 heterocycles. The van der Waals surface area contributed by atoms with E-state index in [4.69, 9.17) is 10.3 Å². The van der Waals surface area contributed by atoms with Gasteiger partial charge in [-0.05, 0) is 43.7 Å². The number of tetrazole rings is 1. The minimum atomic E-state index is 0.650. The lowest BCUT2D eigenvalue weighted by molar-refractivity contribution is 0.392. The molecule has 0 bridgehead atoms. The van der Waals surface area contributed by atoms with E-state index in [9.17, 15) is 0 Å². The molecule has 0 unspecified atom stereocenters. The highest BCUT2D eigenvalue weighted by atomic mass is 16.5. The van der Waals surface area contributed by atoms with Crippen molar-refractivity contribution in [1.29, 1.82) is 0 Å². The van der Waals surface area contributed by atoms with Crippen LogP contribution in [0.1, 0.15) is 35.7 Å². The van der Waals surface area contributed by atoms with Crippen molar-refractivity contribution in [2.45, 2.75) is 39.7 Å². The van der Waals surface area contributed by atoms with Gasteiger partial charge in [0.1, 0.15) is 5.76 Å². The number of rotatable bonds is 6. The average Bonchev–Trinajstić information content (AvgIpc) is 2.92. The van der Waals surface area contributed by atoms with Gasteiger partial charge in [0.15, 0.2) is 5.82 Å². The molecule has 7 nitrogen and oxygen atoms in total. The van der Waals surface area contributed by atoms with Crippen molar-refractivity contribution >= 4 is 0 Å². The normalized spacial score (nSPS) is 11.1. The second-order valence-corrected chi connectivity index (χ2v) is 4.29. The van der Waals surface area contributed by atoms with Gasteiger partial charge in [-0.2, -0.15) is 0 Å². The van der Waals surface area contributed by atoms with Gasteiger partial charge in [0.25, 0.3) is 0 Å². The molecule has 0 aliphatic rings. The van der Waals surface area contributed by atoms with Gasteiger partial charge in [-0.3, -0.25) is 0 Å². The molecule has 0 aliphatic carbocycles. The van der Waals surface area contributed by atoms with Crippen molar-refractivity contribution < 1.29 is 4.52 Å². The first-order valence-corrected chi connectivity index (χ1v) is 6.09. The zero-order valence-electron chi connectivity index (χ0n) is 10.8. The van der Waals surface area contributed by atoms with Crippen molar-refractivity contribution in [2.75, 3.05) is 6.54 Å². The van der Waals surface area contributed by atoms with Gasteiger partial charge in [0.05, 0.1) is 5.69 Å². The molecule has 0 radical (unpaired) electrons. The van der Waals surface area contributed by atoms with Crippen LogP contribution in [0.25, 0.3) is 0 Å². The summed E-state index contributed by atoms with van der Waals surface area (Å²) in [5, 5.41) is 15.7. The molecule has 0 aromatic carbocycles. The van der Waals surface area contributed by atoms with Gasteiger partial charge in [0.2, 0.25) is 0 Å². The highest BCUT2D eigenvalue weighted by Crippen LogP contribution is 2.15. The van der Waals surface area contributed by atoms with E-state index in [1.54, 1.807) is 0 Å². The summed E-state index contributed by atoms with van der Waals surface area (Å²) in [7, 11) is 0. The quantitative estimate of drug-likeness (QED) is 0.754. The summed E-state index contributed by atoms with van der Waals surface area (Å²) < 4.78 is 6.96. The Balaban J connectivity index is 2.08. The summed E-state index contributed by atoms with van der Waals surface area (Å²) in [6.07, 6.45) is 2.61. The Bertz CT molecular complexity index is 484. The van der Waals surface area contributed by atoms with Crippen LogP contribution in [0.5, 0.6) is 0 Å². The molecule has 0 atom stereocenters. The number of unbranched alkanes of at least 4 members (excludes halogenated alkanes) is 1. The molecule has 0 saturated heterocycles. The Kier molecular flexibility index (Phi) is 4.03. The SMILES string of the molecule is Cc1noc(C)c1Cc1nnnn1CCCCN. The van der Waals surface area contributed by atoms with E-state index in [0.29, 0.717) is 13.0 Å². The maximum absolute atomic E-state index is 5.47. The van der Waals surface area contributed by atoms with Crippen LogP contribution in [0.15, 0.2) is 4.52 Å². The smallest absolute Gasteiger partial charge is 0.155 e. The van der Waals surface area contributed by atoms with E-state index < -0.39 is 0 Å². The van der Waals surface area contributed by atoms with E-state index in [2.05, 4.69) is 20.7 Å². The molecule has 2 aromatic heterocycles. The predicted molar refractivity (Wildman–Crippen MR) is 64.9 cm³/mol. The Labute approximate surface area is 105 Å². The number of hydrogen-bond donors (Lipinski definition) is 1. The van der Waals surface area contributed by atoms with Crippen molar-refractivity contribution in [3.63, 3.8) is 0 Å². The third-order valence-corrected chi connectivity index (χ3v) is 2.95. The molecule has 0 saturated carbocycles. The van der Waals surface area contributed by atoms with E-state index in [0.717, 1.165) is 42.2 Å². The third-order valence-electron chi connectivity index (χ3n) is 2.95. The maximum Gasteiger partial charge on any atom is 0.155 e. The summed E-state index contributed by atoms with van der Waals surface area (Å²) in [5.74, 6) is 1.66. The van der Waals surface area contributed by atoms with Gasteiger partial charge in [-0.1, -0.05) is 5.16 Å². The minimum Gasteiger partial charge on any atom is -0.361 e. The van der Waals surface area contributed by atoms with Crippen LogP contribution in [-0.2, 0) is 13.0 Å². The molecule has 98 valence electrons. The fraction of sp³-hybridized carbons (Fsp3) is 0.636. The summed E-state index contributed by atoms with van der Waals surface area (Å²) in [6, 6.07) is 0. The van der Waals surface area contributed by atoms with E-state index in [1.165, 1.54) is 0 Å². The molecule has 18 heavy (non-hydrogen) atoms. The van der Waals surface area contributed by atoms with Gasteiger partial charge in [0, 0.05) is 18.5 Å². The van der Waals surface area contributed by atoms with Gasteiger partial charge in [-0.15, -0.1) is 5.10 Å². The zero-order chi connectivity index (χ0) is 13.0. The Hall–Kier alpha value is -1.76. The Morgan fingerprint density at radius 3 is 2.78 bits per heavy atom. The first-order chi connectivity index (χ1) is 8.72. The number of hydrogen-bond acceptors (Lipinski definition) is 6. The number of aryl methyl sites for hydroxylation is 3.